The number of ether oxygens (including phenoxy) is 1. The van der Waals surface area contributed by atoms with Crippen LogP contribution in [0.2, 0.25) is 5.02 Å². The fraction of sp³-hybridized carbons (Fsp3) is 0.571. The smallest absolute Gasteiger partial charge is 0.121 e. The summed E-state index contributed by atoms with van der Waals surface area (Å²) in [5.74, 6) is 0.827. The van der Waals surface area contributed by atoms with Gasteiger partial charge in [-0.05, 0) is 30.5 Å². The Kier molecular flexibility index (Phi) is 4.03. The second kappa shape index (κ2) is 5.37. The van der Waals surface area contributed by atoms with Gasteiger partial charge in [-0.1, -0.05) is 25.4 Å². The molecular formula is C14H21ClN2O. The van der Waals surface area contributed by atoms with Crippen LogP contribution in [0.15, 0.2) is 18.2 Å². The molecule has 1 atom stereocenters. The number of methoxy groups -OCH3 is 1. The maximum atomic E-state index is 6.23. The molecule has 2 N–H and O–H groups in total. The summed E-state index contributed by atoms with van der Waals surface area (Å²) < 4.78 is 5.24. The lowest BCUT2D eigenvalue weighted by Gasteiger charge is -2.40. The van der Waals surface area contributed by atoms with Gasteiger partial charge in [-0.2, -0.15) is 0 Å². The van der Waals surface area contributed by atoms with Gasteiger partial charge in [0.05, 0.1) is 17.8 Å². The molecule has 1 unspecified atom stereocenters. The minimum atomic E-state index is 0.213. The number of anilines is 1. The van der Waals surface area contributed by atoms with Gasteiger partial charge >= 0.3 is 0 Å². The second-order valence-electron chi connectivity index (χ2n) is 5.50. The maximum absolute atomic E-state index is 6.23. The van der Waals surface area contributed by atoms with Crippen LogP contribution in [-0.4, -0.2) is 26.2 Å². The second-order valence-corrected chi connectivity index (χ2v) is 5.90. The van der Waals surface area contributed by atoms with Crippen LogP contribution < -0.4 is 15.4 Å². The highest BCUT2D eigenvalue weighted by Crippen LogP contribution is 2.32. The van der Waals surface area contributed by atoms with E-state index in [2.05, 4.69) is 24.5 Å². The summed E-state index contributed by atoms with van der Waals surface area (Å²) in [6, 6.07) is 6.13. The predicted octanol–water partition coefficient (Wildman–Crippen LogP) is 3.15. The first-order chi connectivity index (χ1) is 8.53. The molecule has 0 spiro atoms. The molecule has 1 aliphatic rings. The Morgan fingerprint density at radius 3 is 2.89 bits per heavy atom. The molecule has 0 bridgehead atoms. The van der Waals surface area contributed by atoms with E-state index in [1.54, 1.807) is 7.11 Å². The van der Waals surface area contributed by atoms with Crippen molar-refractivity contribution in [1.29, 1.82) is 0 Å². The van der Waals surface area contributed by atoms with Gasteiger partial charge in [0.2, 0.25) is 0 Å². The molecule has 0 amide bonds. The Labute approximate surface area is 114 Å². The van der Waals surface area contributed by atoms with Crippen molar-refractivity contribution >= 4 is 17.3 Å². The number of rotatable bonds is 3. The van der Waals surface area contributed by atoms with Gasteiger partial charge in [0.25, 0.3) is 0 Å². The van der Waals surface area contributed by atoms with Gasteiger partial charge in [-0.3, -0.25) is 0 Å². The summed E-state index contributed by atoms with van der Waals surface area (Å²) in [5, 5.41) is 7.73. The normalized spacial score (nSPS) is 22.6. The van der Waals surface area contributed by atoms with Crippen LogP contribution >= 0.6 is 11.6 Å². The molecule has 3 nitrogen and oxygen atoms in total. The van der Waals surface area contributed by atoms with Crippen LogP contribution in [0.5, 0.6) is 5.75 Å². The highest BCUT2D eigenvalue weighted by molar-refractivity contribution is 6.33. The molecule has 1 aromatic carbocycles. The zero-order chi connectivity index (χ0) is 13.2. The van der Waals surface area contributed by atoms with E-state index >= 15 is 0 Å². The molecule has 1 aromatic rings. The van der Waals surface area contributed by atoms with Crippen molar-refractivity contribution in [2.75, 3.05) is 25.5 Å². The van der Waals surface area contributed by atoms with Crippen molar-refractivity contribution in [1.82, 2.24) is 5.32 Å². The van der Waals surface area contributed by atoms with Crippen LogP contribution in [0.4, 0.5) is 5.69 Å². The molecule has 1 aliphatic heterocycles. The molecule has 0 radical (unpaired) electrons. The lowest BCUT2D eigenvalue weighted by molar-refractivity contribution is 0.236. The van der Waals surface area contributed by atoms with Gasteiger partial charge < -0.3 is 15.4 Å². The zero-order valence-electron chi connectivity index (χ0n) is 11.2. The SMILES string of the molecule is COc1ccc(Cl)c(NC2CCNCC2(C)C)c1. The van der Waals surface area contributed by atoms with E-state index in [9.17, 15) is 0 Å². The van der Waals surface area contributed by atoms with E-state index in [1.807, 2.05) is 18.2 Å². The van der Waals surface area contributed by atoms with Crippen molar-refractivity contribution in [3.8, 4) is 5.75 Å². The standard InChI is InChI=1S/C14H21ClN2O/c1-14(2)9-16-7-6-13(14)17-12-8-10(18-3)4-5-11(12)15/h4-5,8,13,16-17H,6-7,9H2,1-3H3. The molecule has 0 saturated carbocycles. The van der Waals surface area contributed by atoms with Crippen LogP contribution in [0, 0.1) is 5.41 Å². The Hall–Kier alpha value is -0.930. The number of nitrogens with one attached hydrogen (secondary N) is 2. The molecule has 1 saturated heterocycles. The highest BCUT2D eigenvalue weighted by Gasteiger charge is 2.32. The molecule has 100 valence electrons. The van der Waals surface area contributed by atoms with E-state index in [-0.39, 0.29) is 5.41 Å². The molecule has 4 heteroatoms. The van der Waals surface area contributed by atoms with E-state index in [0.29, 0.717) is 6.04 Å². The van der Waals surface area contributed by atoms with Crippen LogP contribution in [0.25, 0.3) is 0 Å². The van der Waals surface area contributed by atoms with Gasteiger partial charge in [0.15, 0.2) is 0 Å². The first-order valence-electron chi connectivity index (χ1n) is 6.34. The summed E-state index contributed by atoms with van der Waals surface area (Å²) >= 11 is 6.23. The van der Waals surface area contributed by atoms with Crippen molar-refractivity contribution < 1.29 is 4.74 Å². The van der Waals surface area contributed by atoms with E-state index in [0.717, 1.165) is 36.0 Å². The Morgan fingerprint density at radius 1 is 1.44 bits per heavy atom. The summed E-state index contributed by atoms with van der Waals surface area (Å²) in [7, 11) is 1.67. The van der Waals surface area contributed by atoms with Crippen molar-refractivity contribution in [2.45, 2.75) is 26.3 Å². The molecule has 2 rings (SSSR count). The van der Waals surface area contributed by atoms with Crippen molar-refractivity contribution in [3.05, 3.63) is 23.2 Å². The van der Waals surface area contributed by atoms with E-state index in [1.165, 1.54) is 0 Å². The zero-order valence-corrected chi connectivity index (χ0v) is 12.0. The summed E-state index contributed by atoms with van der Waals surface area (Å²) in [5.41, 5.74) is 1.17. The third-order valence-electron chi connectivity index (χ3n) is 3.64. The summed E-state index contributed by atoms with van der Waals surface area (Å²) in [4.78, 5) is 0. The third kappa shape index (κ3) is 2.90. The topological polar surface area (TPSA) is 33.3 Å². The number of benzene rings is 1. The predicted molar refractivity (Wildman–Crippen MR) is 76.7 cm³/mol. The summed E-state index contributed by atoms with van der Waals surface area (Å²) in [6.45, 7) is 6.60. The molecule has 0 aliphatic carbocycles. The number of hydrogen-bond donors (Lipinski definition) is 2. The first-order valence-corrected chi connectivity index (χ1v) is 6.71. The largest absolute Gasteiger partial charge is 0.497 e. The van der Waals surface area contributed by atoms with E-state index < -0.39 is 0 Å². The molecule has 1 fully saturated rings. The van der Waals surface area contributed by atoms with Crippen molar-refractivity contribution in [2.24, 2.45) is 5.41 Å². The molecule has 18 heavy (non-hydrogen) atoms. The van der Waals surface area contributed by atoms with Gasteiger partial charge in [0, 0.05) is 18.7 Å². The van der Waals surface area contributed by atoms with Crippen LogP contribution in [0.3, 0.4) is 0 Å². The fourth-order valence-electron chi connectivity index (χ4n) is 2.37. The lowest BCUT2D eigenvalue weighted by Crippen LogP contribution is -2.49. The van der Waals surface area contributed by atoms with Gasteiger partial charge in [-0.25, -0.2) is 0 Å². The van der Waals surface area contributed by atoms with Crippen LogP contribution in [0.1, 0.15) is 20.3 Å². The first kappa shape index (κ1) is 13.5. The Balaban J connectivity index is 2.17. The van der Waals surface area contributed by atoms with Gasteiger partial charge in [-0.15, -0.1) is 0 Å². The maximum Gasteiger partial charge on any atom is 0.121 e. The van der Waals surface area contributed by atoms with Gasteiger partial charge in [0.1, 0.15) is 5.75 Å². The molecular weight excluding hydrogens is 248 g/mol. The Bertz CT molecular complexity index is 420. The lowest BCUT2D eigenvalue weighted by atomic mass is 9.80. The molecule has 0 aromatic heterocycles. The summed E-state index contributed by atoms with van der Waals surface area (Å²) in [6.07, 6.45) is 1.10. The number of hydrogen-bond acceptors (Lipinski definition) is 3. The fourth-order valence-corrected chi connectivity index (χ4v) is 2.54. The third-order valence-corrected chi connectivity index (χ3v) is 3.97. The van der Waals surface area contributed by atoms with Crippen molar-refractivity contribution in [3.63, 3.8) is 0 Å². The van der Waals surface area contributed by atoms with E-state index in [4.69, 9.17) is 16.3 Å². The number of halogens is 1. The number of piperidine rings is 1. The van der Waals surface area contributed by atoms with Crippen LogP contribution in [-0.2, 0) is 0 Å². The average Bonchev–Trinajstić information content (AvgIpc) is 2.34. The quantitative estimate of drug-likeness (QED) is 0.884. The Morgan fingerprint density at radius 2 is 2.22 bits per heavy atom. The monoisotopic (exact) mass is 268 g/mol. The average molecular weight is 269 g/mol. The highest BCUT2D eigenvalue weighted by atomic mass is 35.5. The minimum absolute atomic E-state index is 0.213. The molecule has 1 heterocycles. The minimum Gasteiger partial charge on any atom is -0.497 e.